The van der Waals surface area contributed by atoms with Gasteiger partial charge in [0.05, 0.1) is 25.3 Å². The van der Waals surface area contributed by atoms with E-state index in [2.05, 4.69) is 10.3 Å². The molecule has 1 fully saturated rings. The maximum absolute atomic E-state index is 13.6. The van der Waals surface area contributed by atoms with E-state index in [1.807, 2.05) is 0 Å². The van der Waals surface area contributed by atoms with E-state index in [1.165, 1.54) is 13.0 Å². The maximum atomic E-state index is 13.6. The number of aliphatic imine (C=N–C) groups is 1. The summed E-state index contributed by atoms with van der Waals surface area (Å²) >= 11 is 0. The molecule has 0 aliphatic carbocycles. The summed E-state index contributed by atoms with van der Waals surface area (Å²) in [7, 11) is 0. The van der Waals surface area contributed by atoms with Crippen molar-refractivity contribution < 1.29 is 52.7 Å². The summed E-state index contributed by atoms with van der Waals surface area (Å²) in [5, 5.41) is 14.1. The van der Waals surface area contributed by atoms with Gasteiger partial charge in [-0.1, -0.05) is 0 Å². The number of nitrogens with one attached hydrogen (secondary N) is 1. The predicted octanol–water partition coefficient (Wildman–Crippen LogP) is 1.70. The average Bonchev–Trinajstić information content (AvgIpc) is 3.16. The molecule has 5 unspecified atom stereocenters. The molecule has 0 spiro atoms. The average molecular weight is 601 g/mol. The van der Waals surface area contributed by atoms with Crippen LogP contribution in [0.1, 0.15) is 69.2 Å². The first-order chi connectivity index (χ1) is 19.1. The molecule has 5 atom stereocenters. The monoisotopic (exact) mass is 600 g/mol. The summed E-state index contributed by atoms with van der Waals surface area (Å²) in [6, 6.07) is -2.67. The first kappa shape index (κ1) is 34.8. The lowest BCUT2D eigenvalue weighted by atomic mass is 9.91. The SMILES string of the molecule is CCOC(=O)C1=CC(N(C(=O)OC(C)(C)C)C(N)=NC(=O)OC(C)(C)C)C(NC(C)=O)C(C(O)C2COC(C)(C)O2)O1. The number of esters is 1. The number of guanidine groups is 1. The fourth-order valence-electron chi connectivity index (χ4n) is 4.16. The molecule has 15 heteroatoms. The molecular formula is C27H44N4O11. The molecule has 0 radical (unpaired) electrons. The van der Waals surface area contributed by atoms with Gasteiger partial charge in [-0.15, -0.1) is 4.99 Å². The highest BCUT2D eigenvalue weighted by atomic mass is 16.7. The molecule has 0 bridgehead atoms. The third-order valence-corrected chi connectivity index (χ3v) is 5.64. The number of ether oxygens (including phenoxy) is 6. The molecule has 42 heavy (non-hydrogen) atoms. The third-order valence-electron chi connectivity index (χ3n) is 5.64. The van der Waals surface area contributed by atoms with Gasteiger partial charge < -0.3 is 44.6 Å². The Morgan fingerprint density at radius 3 is 2.24 bits per heavy atom. The number of carbonyl (C=O) groups excluding carboxylic acids is 4. The number of amides is 3. The van der Waals surface area contributed by atoms with Gasteiger partial charge in [-0.05, 0) is 68.4 Å². The smallest absolute Gasteiger partial charge is 0.437 e. The van der Waals surface area contributed by atoms with Crippen LogP contribution in [-0.4, -0.2) is 101 Å². The Labute approximate surface area is 245 Å². The van der Waals surface area contributed by atoms with E-state index >= 15 is 0 Å². The summed E-state index contributed by atoms with van der Waals surface area (Å²) in [5.74, 6) is -3.60. The van der Waals surface area contributed by atoms with E-state index in [-0.39, 0.29) is 13.2 Å². The van der Waals surface area contributed by atoms with E-state index in [9.17, 15) is 24.3 Å². The number of nitrogens with two attached hydrogens (primary N) is 1. The quantitative estimate of drug-likeness (QED) is 0.173. The lowest BCUT2D eigenvalue weighted by Gasteiger charge is -2.43. The van der Waals surface area contributed by atoms with Crippen molar-refractivity contribution in [1.82, 2.24) is 10.2 Å². The maximum Gasteiger partial charge on any atom is 0.437 e. The van der Waals surface area contributed by atoms with Crippen molar-refractivity contribution in [2.24, 2.45) is 10.7 Å². The summed E-state index contributed by atoms with van der Waals surface area (Å²) < 4.78 is 33.1. The largest absolute Gasteiger partial charge is 0.478 e. The van der Waals surface area contributed by atoms with Crippen molar-refractivity contribution in [2.75, 3.05) is 13.2 Å². The van der Waals surface area contributed by atoms with Crippen molar-refractivity contribution in [3.63, 3.8) is 0 Å². The van der Waals surface area contributed by atoms with Crippen molar-refractivity contribution in [3.05, 3.63) is 11.8 Å². The van der Waals surface area contributed by atoms with Crippen molar-refractivity contribution >= 4 is 30.0 Å². The van der Waals surface area contributed by atoms with Crippen LogP contribution < -0.4 is 11.1 Å². The lowest BCUT2D eigenvalue weighted by molar-refractivity contribution is -0.170. The molecule has 0 aromatic carbocycles. The van der Waals surface area contributed by atoms with Gasteiger partial charge in [-0.2, -0.15) is 0 Å². The van der Waals surface area contributed by atoms with E-state index in [0.717, 1.165) is 4.90 Å². The Hall–Kier alpha value is -3.43. The minimum Gasteiger partial charge on any atom is -0.478 e. The summed E-state index contributed by atoms with van der Waals surface area (Å²) in [5.41, 5.74) is 4.24. The predicted molar refractivity (Wildman–Crippen MR) is 148 cm³/mol. The second kappa shape index (κ2) is 13.3. The molecular weight excluding hydrogens is 556 g/mol. The van der Waals surface area contributed by atoms with Gasteiger partial charge in [-0.3, -0.25) is 4.79 Å². The normalized spacial score (nSPS) is 24.9. The molecule has 0 saturated carbocycles. The second-order valence-corrected chi connectivity index (χ2v) is 12.2. The molecule has 15 nitrogen and oxygen atoms in total. The Morgan fingerprint density at radius 2 is 1.76 bits per heavy atom. The molecule has 4 N–H and O–H groups in total. The number of hydrogen-bond acceptors (Lipinski definition) is 11. The molecule has 238 valence electrons. The van der Waals surface area contributed by atoms with Crippen LogP contribution in [0.5, 0.6) is 0 Å². The molecule has 2 aliphatic rings. The number of aliphatic hydroxyl groups is 1. The van der Waals surface area contributed by atoms with Gasteiger partial charge in [-0.25, -0.2) is 19.3 Å². The Kier molecular flexibility index (Phi) is 11.0. The minimum atomic E-state index is -1.51. The number of hydrogen-bond donors (Lipinski definition) is 3. The first-order valence-electron chi connectivity index (χ1n) is 13.6. The molecule has 3 amide bonds. The van der Waals surface area contributed by atoms with Gasteiger partial charge in [0.2, 0.25) is 17.6 Å². The van der Waals surface area contributed by atoms with Gasteiger partial charge >= 0.3 is 18.2 Å². The number of rotatable bonds is 6. The molecule has 2 heterocycles. The van der Waals surface area contributed by atoms with Crippen LogP contribution in [0.4, 0.5) is 9.59 Å². The van der Waals surface area contributed by atoms with Crippen molar-refractivity contribution in [2.45, 2.75) is 117 Å². The van der Waals surface area contributed by atoms with E-state index in [1.54, 1.807) is 62.3 Å². The number of carbonyl (C=O) groups is 4. The summed E-state index contributed by atoms with van der Waals surface area (Å²) in [6.07, 6.45) is -4.89. The van der Waals surface area contributed by atoms with Gasteiger partial charge in [0.1, 0.15) is 29.5 Å². The Balaban J connectivity index is 2.72. The molecule has 0 aromatic heterocycles. The zero-order valence-electron chi connectivity index (χ0n) is 25.9. The van der Waals surface area contributed by atoms with E-state index in [0.29, 0.717) is 0 Å². The van der Waals surface area contributed by atoms with E-state index < -0.39 is 83.2 Å². The number of aliphatic hydroxyl groups excluding tert-OH is 1. The zero-order chi connectivity index (χ0) is 32.2. The van der Waals surface area contributed by atoms with Crippen LogP contribution >= 0.6 is 0 Å². The van der Waals surface area contributed by atoms with Crippen LogP contribution in [0, 0.1) is 0 Å². The van der Waals surface area contributed by atoms with Gasteiger partial charge in [0.15, 0.2) is 5.79 Å². The van der Waals surface area contributed by atoms with Crippen LogP contribution in [0.15, 0.2) is 16.8 Å². The Bertz CT molecular complexity index is 1090. The Morgan fingerprint density at radius 1 is 1.17 bits per heavy atom. The third kappa shape index (κ3) is 9.84. The summed E-state index contributed by atoms with van der Waals surface area (Å²) in [6.45, 7) is 15.7. The second-order valence-electron chi connectivity index (χ2n) is 12.2. The topological polar surface area (TPSA) is 198 Å². The standard InChI is InChI=1S/C27H44N4O11/c1-11-37-21(34)16-12-15(18(29-14(2)32)20(39-16)19(33)17-13-38-27(9,10)40-17)31(24(36)42-26(6,7)8)22(28)30-23(35)41-25(3,4)5/h12,15,17-20,33H,11,13H2,1-10H3,(H,29,32)(H2,28,30,35). The fraction of sp³-hybridized carbons (Fsp3) is 0.741. The van der Waals surface area contributed by atoms with Gasteiger partial charge in [0, 0.05) is 6.92 Å². The van der Waals surface area contributed by atoms with Crippen LogP contribution in [0.2, 0.25) is 0 Å². The van der Waals surface area contributed by atoms with Crippen molar-refractivity contribution in [1.29, 1.82) is 0 Å². The molecule has 2 aliphatic heterocycles. The van der Waals surface area contributed by atoms with Crippen LogP contribution in [0.3, 0.4) is 0 Å². The highest BCUT2D eigenvalue weighted by molar-refractivity contribution is 5.99. The first-order valence-corrected chi connectivity index (χ1v) is 13.6. The molecule has 1 saturated heterocycles. The summed E-state index contributed by atoms with van der Waals surface area (Å²) in [4.78, 5) is 56.0. The highest BCUT2D eigenvalue weighted by Gasteiger charge is 2.51. The van der Waals surface area contributed by atoms with Crippen LogP contribution in [-0.2, 0) is 38.0 Å². The fourth-order valence-corrected chi connectivity index (χ4v) is 4.16. The minimum absolute atomic E-state index is 0.0155. The van der Waals surface area contributed by atoms with Crippen LogP contribution in [0.25, 0.3) is 0 Å². The molecule has 2 rings (SSSR count). The van der Waals surface area contributed by atoms with E-state index in [4.69, 9.17) is 34.2 Å². The zero-order valence-corrected chi connectivity index (χ0v) is 25.9. The number of nitrogens with zero attached hydrogens (tertiary/aromatic N) is 2. The molecule has 0 aromatic rings. The van der Waals surface area contributed by atoms with Crippen molar-refractivity contribution in [3.8, 4) is 0 Å². The highest BCUT2D eigenvalue weighted by Crippen LogP contribution is 2.32. The lowest BCUT2D eigenvalue weighted by Crippen LogP contribution is -2.66. The van der Waals surface area contributed by atoms with Gasteiger partial charge in [0.25, 0.3) is 0 Å².